The van der Waals surface area contributed by atoms with Crippen LogP contribution in [0.4, 0.5) is 0 Å². The number of carbonyl (C=O) groups excluding carboxylic acids is 1. The Balaban J connectivity index is 2.29. The molecule has 1 aliphatic rings. The molecule has 0 saturated carbocycles. The van der Waals surface area contributed by atoms with Crippen LogP contribution in [0, 0.1) is 5.92 Å². The van der Waals surface area contributed by atoms with Gasteiger partial charge in [-0.15, -0.1) is 0 Å². The fourth-order valence-electron chi connectivity index (χ4n) is 1.96. The first-order chi connectivity index (χ1) is 7.13. The molecule has 0 aromatic rings. The number of carbonyl (C=O) groups is 2. The Morgan fingerprint density at radius 2 is 2.20 bits per heavy atom. The third-order valence-corrected chi connectivity index (χ3v) is 2.85. The molecule has 0 aliphatic carbocycles. The van der Waals surface area contributed by atoms with E-state index in [4.69, 9.17) is 5.11 Å². The van der Waals surface area contributed by atoms with Crippen molar-refractivity contribution in [1.29, 1.82) is 0 Å². The number of hydrogen-bond donors (Lipinski definition) is 1. The molecule has 4 nitrogen and oxygen atoms in total. The van der Waals surface area contributed by atoms with E-state index in [1.165, 1.54) is 0 Å². The average molecular weight is 213 g/mol. The van der Waals surface area contributed by atoms with Crippen molar-refractivity contribution in [1.82, 2.24) is 4.90 Å². The summed E-state index contributed by atoms with van der Waals surface area (Å²) in [4.78, 5) is 23.9. The average Bonchev–Trinajstić information content (AvgIpc) is 2.61. The lowest BCUT2D eigenvalue weighted by Gasteiger charge is -2.15. The van der Waals surface area contributed by atoms with Crippen LogP contribution in [0.1, 0.15) is 39.0 Å². The molecule has 1 N–H and O–H groups in total. The SMILES string of the molecule is CCCCC(=O)N1CCC(CC(=O)O)C1. The molecule has 86 valence electrons. The summed E-state index contributed by atoms with van der Waals surface area (Å²) >= 11 is 0. The topological polar surface area (TPSA) is 57.6 Å². The zero-order valence-corrected chi connectivity index (χ0v) is 9.24. The quantitative estimate of drug-likeness (QED) is 0.753. The first-order valence-corrected chi connectivity index (χ1v) is 5.63. The molecule has 1 unspecified atom stereocenters. The fourth-order valence-corrected chi connectivity index (χ4v) is 1.96. The van der Waals surface area contributed by atoms with Crippen LogP contribution in [0.5, 0.6) is 0 Å². The molecule has 0 radical (unpaired) electrons. The first kappa shape index (κ1) is 12.0. The van der Waals surface area contributed by atoms with E-state index in [0.29, 0.717) is 13.0 Å². The van der Waals surface area contributed by atoms with Crippen molar-refractivity contribution in [2.45, 2.75) is 39.0 Å². The normalized spacial score (nSPS) is 20.6. The van der Waals surface area contributed by atoms with Gasteiger partial charge in [-0.05, 0) is 18.8 Å². The Labute approximate surface area is 90.3 Å². The van der Waals surface area contributed by atoms with Crippen LogP contribution < -0.4 is 0 Å². The Morgan fingerprint density at radius 3 is 2.80 bits per heavy atom. The van der Waals surface area contributed by atoms with Crippen molar-refractivity contribution in [2.24, 2.45) is 5.92 Å². The van der Waals surface area contributed by atoms with Crippen LogP contribution in [0.15, 0.2) is 0 Å². The second-order valence-electron chi connectivity index (χ2n) is 4.20. The highest BCUT2D eigenvalue weighted by Gasteiger charge is 2.26. The van der Waals surface area contributed by atoms with Crippen LogP contribution in [0.3, 0.4) is 0 Å². The number of rotatable bonds is 5. The molecule has 1 fully saturated rings. The summed E-state index contributed by atoms with van der Waals surface area (Å²) in [6.45, 7) is 3.43. The zero-order valence-electron chi connectivity index (χ0n) is 9.24. The molecule has 0 bridgehead atoms. The maximum absolute atomic E-state index is 11.6. The predicted octanol–water partition coefficient (Wildman–Crippen LogP) is 1.50. The van der Waals surface area contributed by atoms with Gasteiger partial charge < -0.3 is 10.0 Å². The largest absolute Gasteiger partial charge is 0.481 e. The molecule has 1 heterocycles. The zero-order chi connectivity index (χ0) is 11.3. The Morgan fingerprint density at radius 1 is 1.47 bits per heavy atom. The first-order valence-electron chi connectivity index (χ1n) is 5.63. The number of aliphatic carboxylic acids is 1. The Hall–Kier alpha value is -1.06. The van der Waals surface area contributed by atoms with Gasteiger partial charge >= 0.3 is 5.97 Å². The summed E-state index contributed by atoms with van der Waals surface area (Å²) < 4.78 is 0. The van der Waals surface area contributed by atoms with E-state index in [0.717, 1.165) is 25.8 Å². The van der Waals surface area contributed by atoms with Crippen LogP contribution in [0.2, 0.25) is 0 Å². The van der Waals surface area contributed by atoms with Gasteiger partial charge in [0.05, 0.1) is 0 Å². The van der Waals surface area contributed by atoms with Gasteiger partial charge in [0, 0.05) is 25.9 Å². The summed E-state index contributed by atoms with van der Waals surface area (Å²) in [6, 6.07) is 0. The Kier molecular flexibility index (Phi) is 4.59. The van der Waals surface area contributed by atoms with Gasteiger partial charge in [-0.3, -0.25) is 9.59 Å². The van der Waals surface area contributed by atoms with Gasteiger partial charge in [0.1, 0.15) is 0 Å². The molecule has 1 atom stereocenters. The minimum Gasteiger partial charge on any atom is -0.481 e. The van der Waals surface area contributed by atoms with Crippen molar-refractivity contribution in [3.63, 3.8) is 0 Å². The van der Waals surface area contributed by atoms with E-state index >= 15 is 0 Å². The highest BCUT2D eigenvalue weighted by molar-refractivity contribution is 5.76. The van der Waals surface area contributed by atoms with Crippen LogP contribution in [-0.4, -0.2) is 35.0 Å². The smallest absolute Gasteiger partial charge is 0.303 e. The summed E-state index contributed by atoms with van der Waals surface area (Å²) in [7, 11) is 0. The van der Waals surface area contributed by atoms with Gasteiger partial charge in [0.25, 0.3) is 0 Å². The van der Waals surface area contributed by atoms with E-state index in [-0.39, 0.29) is 18.2 Å². The van der Waals surface area contributed by atoms with Crippen molar-refractivity contribution in [3.05, 3.63) is 0 Å². The van der Waals surface area contributed by atoms with Gasteiger partial charge in [-0.1, -0.05) is 13.3 Å². The summed E-state index contributed by atoms with van der Waals surface area (Å²) in [5.74, 6) is -0.416. The van der Waals surface area contributed by atoms with Crippen LogP contribution in [0.25, 0.3) is 0 Å². The van der Waals surface area contributed by atoms with E-state index in [1.807, 2.05) is 4.90 Å². The maximum Gasteiger partial charge on any atom is 0.303 e. The van der Waals surface area contributed by atoms with Gasteiger partial charge in [-0.25, -0.2) is 0 Å². The number of nitrogens with zero attached hydrogens (tertiary/aromatic N) is 1. The van der Waals surface area contributed by atoms with Crippen molar-refractivity contribution >= 4 is 11.9 Å². The van der Waals surface area contributed by atoms with Crippen molar-refractivity contribution in [3.8, 4) is 0 Å². The van der Waals surface area contributed by atoms with Crippen molar-refractivity contribution < 1.29 is 14.7 Å². The second kappa shape index (κ2) is 5.73. The van der Waals surface area contributed by atoms with Crippen LogP contribution >= 0.6 is 0 Å². The Bertz CT molecular complexity index is 240. The molecule has 4 heteroatoms. The van der Waals surface area contributed by atoms with E-state index in [9.17, 15) is 9.59 Å². The molecule has 1 rings (SSSR count). The van der Waals surface area contributed by atoms with E-state index < -0.39 is 5.97 Å². The maximum atomic E-state index is 11.6. The minimum atomic E-state index is -0.761. The number of carboxylic acids is 1. The number of hydrogen-bond acceptors (Lipinski definition) is 2. The number of amides is 1. The molecule has 0 aromatic heterocycles. The lowest BCUT2D eigenvalue weighted by atomic mass is 10.1. The van der Waals surface area contributed by atoms with E-state index in [1.54, 1.807) is 0 Å². The standard InChI is InChI=1S/C11H19NO3/c1-2-3-4-10(13)12-6-5-9(8-12)7-11(14)15/h9H,2-8H2,1H3,(H,14,15). The number of likely N-dealkylation sites (tertiary alicyclic amines) is 1. The minimum absolute atomic E-state index is 0.160. The monoisotopic (exact) mass is 213 g/mol. The second-order valence-corrected chi connectivity index (χ2v) is 4.20. The van der Waals surface area contributed by atoms with Crippen molar-refractivity contribution in [2.75, 3.05) is 13.1 Å². The molecule has 1 aliphatic heterocycles. The van der Waals surface area contributed by atoms with Gasteiger partial charge in [-0.2, -0.15) is 0 Å². The molecule has 1 amide bonds. The summed E-state index contributed by atoms with van der Waals surface area (Å²) in [5, 5.41) is 8.64. The molecular weight excluding hydrogens is 194 g/mol. The fraction of sp³-hybridized carbons (Fsp3) is 0.818. The van der Waals surface area contributed by atoms with Gasteiger partial charge in [0.15, 0.2) is 0 Å². The summed E-state index contributed by atoms with van der Waals surface area (Å²) in [5.41, 5.74) is 0. The highest BCUT2D eigenvalue weighted by Crippen LogP contribution is 2.20. The molecule has 15 heavy (non-hydrogen) atoms. The third-order valence-electron chi connectivity index (χ3n) is 2.85. The lowest BCUT2D eigenvalue weighted by molar-refractivity contribution is -0.138. The molecule has 1 saturated heterocycles. The highest BCUT2D eigenvalue weighted by atomic mass is 16.4. The van der Waals surface area contributed by atoms with E-state index in [2.05, 4.69) is 6.92 Å². The van der Waals surface area contributed by atoms with Gasteiger partial charge in [0.2, 0.25) is 5.91 Å². The predicted molar refractivity (Wildman–Crippen MR) is 56.5 cm³/mol. The summed E-state index contributed by atoms with van der Waals surface area (Å²) in [6.07, 6.45) is 3.59. The lowest BCUT2D eigenvalue weighted by Crippen LogP contribution is -2.28. The molecular formula is C11H19NO3. The third kappa shape index (κ3) is 3.90. The molecule has 0 aromatic carbocycles. The van der Waals surface area contributed by atoms with Crippen LogP contribution in [-0.2, 0) is 9.59 Å². The number of unbranched alkanes of at least 4 members (excludes halogenated alkanes) is 1. The number of carboxylic acid groups (broad SMARTS) is 1. The molecule has 0 spiro atoms.